The maximum absolute atomic E-state index is 13.3. The Balaban J connectivity index is 1.15. The minimum Gasteiger partial charge on any atom is -0.478 e. The van der Waals surface area contributed by atoms with Crippen LogP contribution in [-0.2, 0) is 14.6 Å². The van der Waals surface area contributed by atoms with E-state index >= 15 is 0 Å². The Morgan fingerprint density at radius 3 is 2.12 bits per heavy atom. The highest BCUT2D eigenvalue weighted by Crippen LogP contribution is 2.81. The van der Waals surface area contributed by atoms with Gasteiger partial charge in [0.15, 0.2) is 9.84 Å². The molecule has 286 valence electrons. The number of hydrogen-bond donors (Lipinski definition) is 1. The van der Waals surface area contributed by atoms with E-state index in [1.54, 1.807) is 17.0 Å². The second kappa shape index (κ2) is 12.6. The number of sulfone groups is 1. The average Bonchev–Trinajstić information content (AvgIpc) is 3.37. The molecule has 1 saturated heterocycles. The first-order valence-corrected chi connectivity index (χ1v) is 22.3. The molecule has 2 unspecified atom stereocenters. The second-order valence-corrected chi connectivity index (χ2v) is 22.2. The number of carbonyl (C=O) groups is 2. The number of amides is 1. The molecule has 0 bridgehead atoms. The van der Waals surface area contributed by atoms with E-state index in [-0.39, 0.29) is 49.9 Å². The van der Waals surface area contributed by atoms with Crippen molar-refractivity contribution in [1.82, 2.24) is 4.90 Å². The van der Waals surface area contributed by atoms with Crippen LogP contribution in [0.25, 0.3) is 5.57 Å². The van der Waals surface area contributed by atoms with E-state index in [0.29, 0.717) is 48.7 Å². The number of carboxylic acids is 1. The van der Waals surface area contributed by atoms with Crippen molar-refractivity contribution in [3.8, 4) is 0 Å². The maximum atomic E-state index is 13.3. The van der Waals surface area contributed by atoms with Crippen LogP contribution in [-0.4, -0.2) is 54.9 Å². The third-order valence-electron chi connectivity index (χ3n) is 17.8. The molecule has 1 aromatic carbocycles. The van der Waals surface area contributed by atoms with Gasteiger partial charge in [-0.15, -0.1) is 0 Å². The number of carboxylic acid groups (broad SMARTS) is 1. The molecule has 5 aliphatic carbocycles. The minimum absolute atomic E-state index is 0.0130. The lowest BCUT2D eigenvalue weighted by atomic mass is 9.30. The summed E-state index contributed by atoms with van der Waals surface area (Å²) in [4.78, 5) is 26.7. The van der Waals surface area contributed by atoms with E-state index < -0.39 is 15.8 Å². The Labute approximate surface area is 314 Å². The van der Waals surface area contributed by atoms with Gasteiger partial charge in [-0.25, -0.2) is 13.2 Å². The molecule has 5 fully saturated rings. The van der Waals surface area contributed by atoms with Crippen LogP contribution in [0.4, 0.5) is 0 Å². The van der Waals surface area contributed by atoms with Gasteiger partial charge in [-0.2, -0.15) is 0 Å². The largest absolute Gasteiger partial charge is 0.478 e. The summed E-state index contributed by atoms with van der Waals surface area (Å²) in [6, 6.07) is 7.55. The van der Waals surface area contributed by atoms with Crippen LogP contribution in [0.5, 0.6) is 0 Å². The summed E-state index contributed by atoms with van der Waals surface area (Å²) in [5.74, 6) is 1.75. The number of fused-ring (bicyclic) bond motifs is 7. The molecule has 1 amide bonds. The molecule has 6 aliphatic rings. The van der Waals surface area contributed by atoms with Crippen molar-refractivity contribution in [1.29, 1.82) is 0 Å². The zero-order valence-electron chi connectivity index (χ0n) is 33.2. The Morgan fingerprint density at radius 2 is 1.48 bits per heavy atom. The van der Waals surface area contributed by atoms with Crippen LogP contribution >= 0.6 is 0 Å². The van der Waals surface area contributed by atoms with Crippen molar-refractivity contribution >= 4 is 27.3 Å². The molecule has 52 heavy (non-hydrogen) atoms. The predicted molar refractivity (Wildman–Crippen MR) is 209 cm³/mol. The van der Waals surface area contributed by atoms with Crippen LogP contribution in [0.1, 0.15) is 141 Å². The molecule has 1 heterocycles. The smallest absolute Gasteiger partial charge is 0.335 e. The number of aromatic carboxylic acids is 1. The molecule has 4 saturated carbocycles. The predicted octanol–water partition coefficient (Wildman–Crippen LogP) is 9.85. The highest BCUT2D eigenvalue weighted by molar-refractivity contribution is 7.91. The molecule has 0 spiro atoms. The topological polar surface area (TPSA) is 91.8 Å². The second-order valence-electron chi connectivity index (χ2n) is 19.9. The number of hydrogen-bond acceptors (Lipinski definition) is 4. The fourth-order valence-corrected chi connectivity index (χ4v) is 16.3. The Hall–Kier alpha value is -2.41. The van der Waals surface area contributed by atoms with Crippen LogP contribution < -0.4 is 0 Å². The molecular formula is C45H65NO5S. The quantitative estimate of drug-likeness (QED) is 0.282. The first-order valence-electron chi connectivity index (χ1n) is 20.4. The molecule has 9 atom stereocenters. The van der Waals surface area contributed by atoms with Crippen LogP contribution in [0.15, 0.2) is 42.5 Å². The van der Waals surface area contributed by atoms with E-state index in [4.69, 9.17) is 0 Å². The Morgan fingerprint density at radius 1 is 0.846 bits per heavy atom. The minimum atomic E-state index is -3.01. The van der Waals surface area contributed by atoms with Crippen LogP contribution in [0, 0.1) is 56.2 Å². The molecule has 0 aromatic heterocycles. The van der Waals surface area contributed by atoms with E-state index in [1.165, 1.54) is 62.5 Å². The van der Waals surface area contributed by atoms with Gasteiger partial charge < -0.3 is 10.0 Å². The number of carbonyl (C=O) groups excluding carboxylic acids is 1. The molecule has 6 nitrogen and oxygen atoms in total. The molecule has 1 aliphatic heterocycles. The molecule has 7 rings (SSSR count). The summed E-state index contributed by atoms with van der Waals surface area (Å²) in [5, 5.41) is 9.50. The zero-order valence-corrected chi connectivity index (χ0v) is 34.0. The van der Waals surface area contributed by atoms with Crippen molar-refractivity contribution in [2.45, 2.75) is 126 Å². The lowest BCUT2D eigenvalue weighted by Gasteiger charge is -2.74. The molecule has 7 heteroatoms. The van der Waals surface area contributed by atoms with E-state index in [1.807, 2.05) is 12.1 Å². The highest BCUT2D eigenvalue weighted by Gasteiger charge is 2.73. The van der Waals surface area contributed by atoms with Crippen molar-refractivity contribution in [2.75, 3.05) is 24.6 Å². The summed E-state index contributed by atoms with van der Waals surface area (Å²) in [5.41, 5.74) is 5.20. The van der Waals surface area contributed by atoms with Crippen LogP contribution in [0.2, 0.25) is 0 Å². The highest BCUT2D eigenvalue weighted by atomic mass is 32.2. The van der Waals surface area contributed by atoms with Gasteiger partial charge in [-0.05, 0) is 157 Å². The Bertz CT molecular complexity index is 1760. The summed E-state index contributed by atoms with van der Waals surface area (Å²) in [7, 11) is -3.01. The summed E-state index contributed by atoms with van der Waals surface area (Å²) >= 11 is 0. The standard InChI is InChI=1S/C45H65NO5S/c1-30(2)33-18-23-45(20-9-10-38(47)46-26-28-52(50,51)29-27-46)25-24-43(7)37(44(33,45)8)16-15-36-41(5)21-17-34(31-11-13-32(14-12-31)39(48)49)40(3,4)35(41)19-22-42(36,43)6/h11-14,17,33,35-37H,1,9-10,15-16,18-29H2,2-8H3,(H,48,49)/t33-,35?,36?,37-,41-,42+,43+,44+,45+/m0/s1. The van der Waals surface area contributed by atoms with Gasteiger partial charge in [0.05, 0.1) is 17.1 Å². The third kappa shape index (κ3) is 5.38. The average molecular weight is 732 g/mol. The Kier molecular flexibility index (Phi) is 9.15. The lowest BCUT2D eigenvalue weighted by molar-refractivity contribution is -0.249. The summed E-state index contributed by atoms with van der Waals surface area (Å²) in [6.45, 7) is 23.2. The maximum Gasteiger partial charge on any atom is 0.335 e. The number of rotatable bonds is 7. The first kappa shape index (κ1) is 37.9. The van der Waals surface area contributed by atoms with E-state index in [2.05, 4.69) is 61.1 Å². The SMILES string of the molecule is C=C(C)[C@@H]1CC[C@]2(CCCC(=O)N3CCS(=O)(=O)CC3)CC[C@]3(C)[C@H](CCC4[C@@]5(C)CC=C(c6ccc(C(=O)O)cc6)C(C)(C)C5CC[C@]43C)[C@@]12C. The number of nitrogens with zero attached hydrogens (tertiary/aromatic N) is 1. The monoisotopic (exact) mass is 731 g/mol. The van der Waals surface area contributed by atoms with Gasteiger partial charge in [0.2, 0.25) is 5.91 Å². The van der Waals surface area contributed by atoms with Crippen molar-refractivity contribution in [2.24, 2.45) is 56.2 Å². The summed E-state index contributed by atoms with van der Waals surface area (Å²) < 4.78 is 24.0. The van der Waals surface area contributed by atoms with Gasteiger partial charge in [0, 0.05) is 19.5 Å². The molecule has 1 N–H and O–H groups in total. The van der Waals surface area contributed by atoms with Crippen LogP contribution in [0.3, 0.4) is 0 Å². The number of allylic oxidation sites excluding steroid dienone is 3. The zero-order chi connectivity index (χ0) is 37.7. The molecular weight excluding hydrogens is 667 g/mol. The molecule has 0 radical (unpaired) electrons. The van der Waals surface area contributed by atoms with E-state index in [9.17, 15) is 23.1 Å². The van der Waals surface area contributed by atoms with Crippen molar-refractivity contribution in [3.63, 3.8) is 0 Å². The van der Waals surface area contributed by atoms with Gasteiger partial charge in [0.25, 0.3) is 0 Å². The normalized spacial score (nSPS) is 41.8. The van der Waals surface area contributed by atoms with E-state index in [0.717, 1.165) is 24.8 Å². The fourth-order valence-electron chi connectivity index (χ4n) is 15.1. The van der Waals surface area contributed by atoms with Gasteiger partial charge in [0.1, 0.15) is 0 Å². The van der Waals surface area contributed by atoms with Crippen molar-refractivity contribution in [3.05, 3.63) is 53.6 Å². The lowest BCUT2D eigenvalue weighted by Crippen LogP contribution is -2.67. The van der Waals surface area contributed by atoms with Gasteiger partial charge in [-0.3, -0.25) is 4.79 Å². The van der Waals surface area contributed by atoms with Gasteiger partial charge >= 0.3 is 5.97 Å². The summed E-state index contributed by atoms with van der Waals surface area (Å²) in [6.07, 6.45) is 16.0. The fraction of sp³-hybridized carbons (Fsp3) is 0.733. The third-order valence-corrected chi connectivity index (χ3v) is 19.5. The first-order chi connectivity index (χ1) is 24.3. The van der Waals surface area contributed by atoms with Crippen molar-refractivity contribution < 1.29 is 23.1 Å². The van der Waals surface area contributed by atoms with Gasteiger partial charge in [-0.1, -0.05) is 71.9 Å². The number of benzene rings is 1. The molecule has 1 aromatic rings.